The standard InChI is InChI=1S/C24H27Cl2N5O/c1-18-20(24(26)31(28-18)15-19-7-3-2-4-8-19)16-29-11-13-30(14-12-29)17-23(32)27-22-10-6-5-9-21(22)25/h2-10H,11-17H2,1H3,(H,27,32). The summed E-state index contributed by atoms with van der Waals surface area (Å²) in [6.07, 6.45) is 0. The predicted molar refractivity (Wildman–Crippen MR) is 129 cm³/mol. The van der Waals surface area contributed by atoms with Crippen molar-refractivity contribution in [2.75, 3.05) is 38.0 Å². The Balaban J connectivity index is 1.29. The first-order valence-corrected chi connectivity index (χ1v) is 11.5. The number of carbonyl (C=O) groups is 1. The van der Waals surface area contributed by atoms with Gasteiger partial charge in [-0.2, -0.15) is 5.10 Å². The molecule has 0 aliphatic carbocycles. The molecular weight excluding hydrogens is 445 g/mol. The summed E-state index contributed by atoms with van der Waals surface area (Å²) in [5.41, 5.74) is 3.86. The summed E-state index contributed by atoms with van der Waals surface area (Å²) in [7, 11) is 0. The van der Waals surface area contributed by atoms with Gasteiger partial charge in [-0.15, -0.1) is 0 Å². The predicted octanol–water partition coefficient (Wildman–Crippen LogP) is 4.30. The number of amides is 1. The quantitative estimate of drug-likeness (QED) is 0.557. The smallest absolute Gasteiger partial charge is 0.238 e. The lowest BCUT2D eigenvalue weighted by atomic mass is 10.2. The Kier molecular flexibility index (Phi) is 7.48. The monoisotopic (exact) mass is 471 g/mol. The number of piperazine rings is 1. The Morgan fingerprint density at radius 2 is 1.59 bits per heavy atom. The minimum Gasteiger partial charge on any atom is -0.324 e. The molecule has 0 saturated carbocycles. The van der Waals surface area contributed by atoms with Crippen LogP contribution in [0.25, 0.3) is 0 Å². The number of rotatable bonds is 7. The summed E-state index contributed by atoms with van der Waals surface area (Å²) in [5.74, 6) is -0.0485. The Morgan fingerprint density at radius 1 is 0.938 bits per heavy atom. The number of carbonyl (C=O) groups excluding carboxylic acids is 1. The summed E-state index contributed by atoms with van der Waals surface area (Å²) in [5, 5.41) is 8.80. The lowest BCUT2D eigenvalue weighted by Gasteiger charge is -2.34. The van der Waals surface area contributed by atoms with E-state index < -0.39 is 0 Å². The molecule has 2 aromatic carbocycles. The molecule has 8 heteroatoms. The Labute approximate surface area is 198 Å². The summed E-state index contributed by atoms with van der Waals surface area (Å²) < 4.78 is 1.87. The molecule has 6 nitrogen and oxygen atoms in total. The van der Waals surface area contributed by atoms with E-state index in [9.17, 15) is 4.79 Å². The minimum absolute atomic E-state index is 0.0485. The van der Waals surface area contributed by atoms with E-state index in [0.717, 1.165) is 44.0 Å². The van der Waals surface area contributed by atoms with Gasteiger partial charge < -0.3 is 5.32 Å². The van der Waals surface area contributed by atoms with Gasteiger partial charge in [-0.1, -0.05) is 65.7 Å². The first-order chi connectivity index (χ1) is 15.5. The highest BCUT2D eigenvalue weighted by Gasteiger charge is 2.22. The minimum atomic E-state index is -0.0485. The normalized spacial score (nSPS) is 15.1. The van der Waals surface area contributed by atoms with Crippen LogP contribution in [0.5, 0.6) is 0 Å². The number of para-hydroxylation sites is 1. The number of hydrogen-bond donors (Lipinski definition) is 1. The van der Waals surface area contributed by atoms with Gasteiger partial charge in [0.2, 0.25) is 5.91 Å². The Morgan fingerprint density at radius 3 is 2.31 bits per heavy atom. The van der Waals surface area contributed by atoms with E-state index in [0.29, 0.717) is 29.0 Å². The molecule has 4 rings (SSSR count). The van der Waals surface area contributed by atoms with Gasteiger partial charge >= 0.3 is 0 Å². The van der Waals surface area contributed by atoms with Crippen LogP contribution in [-0.4, -0.2) is 58.2 Å². The Hall–Kier alpha value is -2.38. The number of nitrogens with zero attached hydrogens (tertiary/aromatic N) is 4. The van der Waals surface area contributed by atoms with Crippen molar-refractivity contribution in [3.05, 3.63) is 81.6 Å². The second kappa shape index (κ2) is 10.5. The van der Waals surface area contributed by atoms with Crippen LogP contribution in [0.1, 0.15) is 16.8 Å². The van der Waals surface area contributed by atoms with E-state index >= 15 is 0 Å². The fourth-order valence-corrected chi connectivity index (χ4v) is 4.39. The lowest BCUT2D eigenvalue weighted by molar-refractivity contribution is -0.117. The molecule has 0 spiro atoms. The highest BCUT2D eigenvalue weighted by molar-refractivity contribution is 6.33. The fourth-order valence-electron chi connectivity index (χ4n) is 3.92. The third-order valence-corrected chi connectivity index (χ3v) is 6.47. The van der Waals surface area contributed by atoms with Crippen molar-refractivity contribution in [3.8, 4) is 0 Å². The molecule has 1 aromatic heterocycles. The second-order valence-corrected chi connectivity index (χ2v) is 8.84. The maximum atomic E-state index is 12.4. The van der Waals surface area contributed by atoms with Gasteiger partial charge in [0.25, 0.3) is 0 Å². The van der Waals surface area contributed by atoms with Gasteiger partial charge in [0.1, 0.15) is 5.15 Å². The molecule has 1 saturated heterocycles. The summed E-state index contributed by atoms with van der Waals surface area (Å²) >= 11 is 12.8. The largest absolute Gasteiger partial charge is 0.324 e. The number of aromatic nitrogens is 2. The van der Waals surface area contributed by atoms with Crippen LogP contribution in [0.4, 0.5) is 5.69 Å². The van der Waals surface area contributed by atoms with E-state index in [1.54, 1.807) is 6.07 Å². The highest BCUT2D eigenvalue weighted by atomic mass is 35.5. The SMILES string of the molecule is Cc1nn(Cc2ccccc2)c(Cl)c1CN1CCN(CC(=O)Nc2ccccc2Cl)CC1. The maximum absolute atomic E-state index is 12.4. The molecule has 1 fully saturated rings. The van der Waals surface area contributed by atoms with Gasteiger partial charge in [0.15, 0.2) is 0 Å². The molecule has 0 unspecified atom stereocenters. The molecule has 1 aliphatic rings. The van der Waals surface area contributed by atoms with Crippen molar-refractivity contribution < 1.29 is 4.79 Å². The van der Waals surface area contributed by atoms with Gasteiger partial charge in [-0.25, -0.2) is 4.68 Å². The van der Waals surface area contributed by atoms with Gasteiger partial charge in [0.05, 0.1) is 29.5 Å². The zero-order chi connectivity index (χ0) is 22.5. The zero-order valence-corrected chi connectivity index (χ0v) is 19.6. The highest BCUT2D eigenvalue weighted by Crippen LogP contribution is 2.23. The molecular formula is C24H27Cl2N5O. The maximum Gasteiger partial charge on any atom is 0.238 e. The molecule has 1 aliphatic heterocycles. The third kappa shape index (κ3) is 5.70. The van der Waals surface area contributed by atoms with E-state index in [1.165, 1.54) is 5.56 Å². The van der Waals surface area contributed by atoms with Gasteiger partial charge in [0, 0.05) is 38.3 Å². The van der Waals surface area contributed by atoms with Crippen molar-refractivity contribution in [1.82, 2.24) is 19.6 Å². The van der Waals surface area contributed by atoms with Crippen LogP contribution in [0.15, 0.2) is 54.6 Å². The molecule has 0 radical (unpaired) electrons. The van der Waals surface area contributed by atoms with Gasteiger partial charge in [-0.05, 0) is 24.6 Å². The Bertz CT molecular complexity index is 1060. The average Bonchev–Trinajstić information content (AvgIpc) is 3.04. The average molecular weight is 472 g/mol. The van der Waals surface area contributed by atoms with Crippen molar-refractivity contribution >= 4 is 34.8 Å². The third-order valence-electron chi connectivity index (χ3n) is 5.72. The molecule has 0 bridgehead atoms. The second-order valence-electron chi connectivity index (χ2n) is 8.08. The lowest BCUT2D eigenvalue weighted by Crippen LogP contribution is -2.48. The van der Waals surface area contributed by atoms with Gasteiger partial charge in [-0.3, -0.25) is 14.6 Å². The molecule has 3 aromatic rings. The molecule has 2 heterocycles. The van der Waals surface area contributed by atoms with Crippen LogP contribution < -0.4 is 5.32 Å². The van der Waals surface area contributed by atoms with Crippen LogP contribution >= 0.6 is 23.2 Å². The number of nitrogens with one attached hydrogen (secondary N) is 1. The molecule has 1 amide bonds. The summed E-state index contributed by atoms with van der Waals surface area (Å²) in [4.78, 5) is 16.9. The number of aryl methyl sites for hydroxylation is 1. The van der Waals surface area contributed by atoms with Crippen molar-refractivity contribution in [2.45, 2.75) is 20.0 Å². The van der Waals surface area contributed by atoms with Crippen LogP contribution in [-0.2, 0) is 17.9 Å². The number of anilines is 1. The van der Waals surface area contributed by atoms with Crippen LogP contribution in [0.3, 0.4) is 0 Å². The molecule has 168 valence electrons. The molecule has 32 heavy (non-hydrogen) atoms. The fraction of sp³-hybridized carbons (Fsp3) is 0.333. The zero-order valence-electron chi connectivity index (χ0n) is 18.1. The van der Waals surface area contributed by atoms with E-state index in [4.69, 9.17) is 23.2 Å². The van der Waals surface area contributed by atoms with Crippen molar-refractivity contribution in [3.63, 3.8) is 0 Å². The molecule has 0 atom stereocenters. The molecule has 1 N–H and O–H groups in total. The van der Waals surface area contributed by atoms with Crippen molar-refractivity contribution in [2.24, 2.45) is 0 Å². The number of benzene rings is 2. The summed E-state index contributed by atoms with van der Waals surface area (Å²) in [6, 6.07) is 17.5. The topological polar surface area (TPSA) is 53.4 Å². The van der Waals surface area contributed by atoms with Crippen molar-refractivity contribution in [1.29, 1.82) is 0 Å². The van der Waals surface area contributed by atoms with Crippen LogP contribution in [0, 0.1) is 6.92 Å². The number of halogens is 2. The van der Waals surface area contributed by atoms with E-state index in [1.807, 2.05) is 48.0 Å². The van der Waals surface area contributed by atoms with E-state index in [2.05, 4.69) is 32.3 Å². The number of hydrogen-bond acceptors (Lipinski definition) is 4. The van der Waals surface area contributed by atoms with Crippen LogP contribution in [0.2, 0.25) is 10.2 Å². The first-order valence-electron chi connectivity index (χ1n) is 10.7. The summed E-state index contributed by atoms with van der Waals surface area (Å²) in [6.45, 7) is 7.19. The van der Waals surface area contributed by atoms with E-state index in [-0.39, 0.29) is 5.91 Å². The first kappa shape index (κ1) is 22.8.